The lowest BCUT2D eigenvalue weighted by molar-refractivity contribution is 0.560. The Kier molecular flexibility index (Phi) is 4.80. The quantitative estimate of drug-likeness (QED) is 0.862. The number of hydrogen-bond donors (Lipinski definition) is 2. The molecule has 0 atom stereocenters. The Bertz CT molecular complexity index is 690. The number of fused-ring (bicyclic) bond motifs is 1. The van der Waals surface area contributed by atoms with Crippen molar-refractivity contribution in [2.24, 2.45) is 5.92 Å². The van der Waals surface area contributed by atoms with Crippen molar-refractivity contribution in [1.82, 2.24) is 10.0 Å². The summed E-state index contributed by atoms with van der Waals surface area (Å²) in [6.07, 6.45) is 0. The Morgan fingerprint density at radius 2 is 1.95 bits per heavy atom. The van der Waals surface area contributed by atoms with E-state index in [2.05, 4.69) is 10.0 Å². The van der Waals surface area contributed by atoms with Crippen molar-refractivity contribution in [2.45, 2.75) is 25.3 Å². The van der Waals surface area contributed by atoms with E-state index >= 15 is 0 Å². The number of rotatable bonds is 6. The summed E-state index contributed by atoms with van der Waals surface area (Å²) in [5.41, 5.74) is 0. The van der Waals surface area contributed by atoms with Crippen LogP contribution in [0.3, 0.4) is 0 Å². The van der Waals surface area contributed by atoms with E-state index in [0.29, 0.717) is 18.0 Å². The predicted molar refractivity (Wildman–Crippen MR) is 84.6 cm³/mol. The van der Waals surface area contributed by atoms with Crippen molar-refractivity contribution in [3.8, 4) is 0 Å². The van der Waals surface area contributed by atoms with Crippen molar-refractivity contribution < 1.29 is 8.42 Å². The zero-order valence-corrected chi connectivity index (χ0v) is 13.6. The van der Waals surface area contributed by atoms with Gasteiger partial charge in [0.25, 0.3) is 0 Å². The second-order valence-corrected chi connectivity index (χ2v) is 7.97. The summed E-state index contributed by atoms with van der Waals surface area (Å²) < 4.78 is 28.9. The van der Waals surface area contributed by atoms with Gasteiger partial charge < -0.3 is 5.32 Å². The van der Waals surface area contributed by atoms with Gasteiger partial charge in [-0.25, -0.2) is 13.1 Å². The number of thiophene rings is 1. The zero-order valence-electron chi connectivity index (χ0n) is 11.9. The van der Waals surface area contributed by atoms with E-state index in [9.17, 15) is 8.42 Å². The molecule has 2 aromatic rings. The second kappa shape index (κ2) is 6.22. The predicted octanol–water partition coefficient (Wildman–Crippen LogP) is 2.56. The van der Waals surface area contributed by atoms with Crippen molar-refractivity contribution in [2.75, 3.05) is 13.6 Å². The zero-order chi connectivity index (χ0) is 14.8. The molecule has 0 saturated heterocycles. The lowest BCUT2D eigenvalue weighted by Gasteiger charge is -2.10. The monoisotopic (exact) mass is 312 g/mol. The van der Waals surface area contributed by atoms with Crippen LogP contribution in [0.5, 0.6) is 0 Å². The van der Waals surface area contributed by atoms with E-state index in [-0.39, 0.29) is 5.92 Å². The van der Waals surface area contributed by atoms with Gasteiger partial charge in [0.05, 0.1) is 0 Å². The smallest absolute Gasteiger partial charge is 0.242 e. The summed E-state index contributed by atoms with van der Waals surface area (Å²) in [6.45, 7) is 4.98. The Morgan fingerprint density at radius 1 is 1.25 bits per heavy atom. The first kappa shape index (κ1) is 15.4. The average molecular weight is 312 g/mol. The molecule has 0 aliphatic carbocycles. The van der Waals surface area contributed by atoms with Crippen molar-refractivity contribution >= 4 is 31.4 Å². The molecule has 0 amide bonds. The molecule has 1 aromatic heterocycles. The minimum Gasteiger partial charge on any atom is -0.315 e. The molecule has 0 unspecified atom stereocenters. The highest BCUT2D eigenvalue weighted by Crippen LogP contribution is 2.34. The highest BCUT2D eigenvalue weighted by Gasteiger charge is 2.23. The molecule has 4 nitrogen and oxygen atoms in total. The summed E-state index contributed by atoms with van der Waals surface area (Å²) in [5.74, 6) is 0.280. The number of hydrogen-bond acceptors (Lipinski definition) is 4. The average Bonchev–Trinajstić information content (AvgIpc) is 2.75. The minimum atomic E-state index is -3.47. The maximum Gasteiger partial charge on any atom is 0.242 e. The summed E-state index contributed by atoms with van der Waals surface area (Å²) in [6, 6.07) is 7.63. The molecule has 20 heavy (non-hydrogen) atoms. The van der Waals surface area contributed by atoms with E-state index in [1.54, 1.807) is 0 Å². The van der Waals surface area contributed by atoms with E-state index in [4.69, 9.17) is 0 Å². The Hall–Kier alpha value is -0.950. The largest absolute Gasteiger partial charge is 0.315 e. The van der Waals surface area contributed by atoms with Crippen LogP contribution in [-0.4, -0.2) is 22.0 Å². The summed E-state index contributed by atoms with van der Waals surface area (Å²) in [5, 5.41) is 3.85. The molecule has 6 heteroatoms. The van der Waals surface area contributed by atoms with Crippen LogP contribution in [0.2, 0.25) is 0 Å². The minimum absolute atomic E-state index is 0.280. The lowest BCUT2D eigenvalue weighted by atomic mass is 10.2. The molecule has 110 valence electrons. The van der Waals surface area contributed by atoms with Gasteiger partial charge in [-0.2, -0.15) is 0 Å². The molecule has 1 heterocycles. The third-order valence-corrected chi connectivity index (χ3v) is 5.76. The van der Waals surface area contributed by atoms with Crippen molar-refractivity contribution in [3.05, 3.63) is 29.1 Å². The van der Waals surface area contributed by atoms with Crippen LogP contribution in [0.15, 0.2) is 29.2 Å². The Balaban J connectivity index is 2.53. The van der Waals surface area contributed by atoms with Gasteiger partial charge in [0.2, 0.25) is 10.0 Å². The molecule has 0 bridgehead atoms. The van der Waals surface area contributed by atoms with Gasteiger partial charge in [0.1, 0.15) is 4.90 Å². The van der Waals surface area contributed by atoms with Gasteiger partial charge >= 0.3 is 0 Å². The van der Waals surface area contributed by atoms with Gasteiger partial charge in [-0.1, -0.05) is 32.0 Å². The first-order valence-corrected chi connectivity index (χ1v) is 8.90. The van der Waals surface area contributed by atoms with Gasteiger partial charge in [0.15, 0.2) is 0 Å². The molecule has 0 aliphatic rings. The Morgan fingerprint density at radius 3 is 2.60 bits per heavy atom. The van der Waals surface area contributed by atoms with E-state index in [1.165, 1.54) is 11.3 Å². The first-order chi connectivity index (χ1) is 9.45. The summed E-state index contributed by atoms with van der Waals surface area (Å²) in [7, 11) is -1.65. The van der Waals surface area contributed by atoms with Crippen LogP contribution < -0.4 is 10.0 Å². The molecule has 0 spiro atoms. The van der Waals surface area contributed by atoms with E-state index < -0.39 is 10.0 Å². The fraction of sp³-hybridized carbons (Fsp3) is 0.429. The van der Waals surface area contributed by atoms with Gasteiger partial charge in [0, 0.05) is 28.1 Å². The Labute approximate surface area is 124 Å². The van der Waals surface area contributed by atoms with Crippen LogP contribution in [-0.2, 0) is 16.6 Å². The van der Waals surface area contributed by atoms with Crippen LogP contribution >= 0.6 is 11.3 Å². The molecule has 2 N–H and O–H groups in total. The molecule has 0 saturated carbocycles. The van der Waals surface area contributed by atoms with Crippen LogP contribution in [0.25, 0.3) is 10.1 Å². The normalized spacial score (nSPS) is 12.4. The van der Waals surface area contributed by atoms with Gasteiger partial charge in [-0.15, -0.1) is 11.3 Å². The molecular weight excluding hydrogens is 292 g/mol. The number of benzene rings is 1. The molecule has 0 radical (unpaired) electrons. The molecular formula is C14H20N2O2S2. The first-order valence-electron chi connectivity index (χ1n) is 6.60. The molecule has 2 rings (SSSR count). The van der Waals surface area contributed by atoms with Crippen molar-refractivity contribution in [1.29, 1.82) is 0 Å². The topological polar surface area (TPSA) is 58.2 Å². The van der Waals surface area contributed by atoms with Crippen LogP contribution in [0.4, 0.5) is 0 Å². The SMILES string of the molecule is CNCc1sc2ccccc2c1S(=O)(=O)NCC(C)C. The fourth-order valence-corrected chi connectivity index (χ4v) is 5.16. The summed E-state index contributed by atoms with van der Waals surface area (Å²) in [4.78, 5) is 1.28. The van der Waals surface area contributed by atoms with Gasteiger partial charge in [-0.3, -0.25) is 0 Å². The van der Waals surface area contributed by atoms with Crippen LogP contribution in [0.1, 0.15) is 18.7 Å². The second-order valence-electron chi connectivity index (χ2n) is 5.13. The van der Waals surface area contributed by atoms with Crippen LogP contribution in [0, 0.1) is 5.92 Å². The van der Waals surface area contributed by atoms with Crippen molar-refractivity contribution in [3.63, 3.8) is 0 Å². The molecule has 0 aliphatic heterocycles. The lowest BCUT2D eigenvalue weighted by Crippen LogP contribution is -2.28. The summed E-state index contributed by atoms with van der Waals surface area (Å²) >= 11 is 1.53. The fourth-order valence-electron chi connectivity index (χ4n) is 1.99. The maximum absolute atomic E-state index is 12.6. The highest BCUT2D eigenvalue weighted by atomic mass is 32.2. The van der Waals surface area contributed by atoms with E-state index in [1.807, 2.05) is 45.2 Å². The third kappa shape index (κ3) is 3.20. The molecule has 1 aromatic carbocycles. The molecule has 0 fully saturated rings. The number of sulfonamides is 1. The third-order valence-electron chi connectivity index (χ3n) is 2.91. The maximum atomic E-state index is 12.6. The standard InChI is InChI=1S/C14H20N2O2S2/c1-10(2)8-16-20(17,18)14-11-6-4-5-7-12(11)19-13(14)9-15-3/h4-7,10,15-16H,8-9H2,1-3H3. The van der Waals surface area contributed by atoms with E-state index in [0.717, 1.165) is 15.0 Å². The number of nitrogens with one attached hydrogen (secondary N) is 2. The van der Waals surface area contributed by atoms with Gasteiger partial charge in [-0.05, 0) is 19.0 Å². The highest BCUT2D eigenvalue weighted by molar-refractivity contribution is 7.90.